The minimum absolute atomic E-state index is 0.665. The molecular formula is C18H22ClNO. The van der Waals surface area contributed by atoms with Gasteiger partial charge in [0, 0.05) is 0 Å². The van der Waals surface area contributed by atoms with E-state index in [2.05, 4.69) is 12.1 Å². The minimum atomic E-state index is 0.665. The van der Waals surface area contributed by atoms with Crippen LogP contribution in [0.25, 0.3) is 11.1 Å². The lowest BCUT2D eigenvalue weighted by molar-refractivity contribution is 0.305. The predicted molar refractivity (Wildman–Crippen MR) is 89.9 cm³/mol. The van der Waals surface area contributed by atoms with Crippen molar-refractivity contribution >= 4 is 11.6 Å². The summed E-state index contributed by atoms with van der Waals surface area (Å²) in [5, 5.41) is 0.665. The van der Waals surface area contributed by atoms with Crippen LogP contribution in [0, 0.1) is 0 Å². The number of halogens is 1. The van der Waals surface area contributed by atoms with Crippen molar-refractivity contribution in [1.82, 2.24) is 0 Å². The van der Waals surface area contributed by atoms with Crippen LogP contribution in [0.3, 0.4) is 0 Å². The van der Waals surface area contributed by atoms with E-state index in [9.17, 15) is 0 Å². The number of unbranched alkanes of at least 4 members (excludes halogenated alkanes) is 3. The average molecular weight is 304 g/mol. The van der Waals surface area contributed by atoms with Crippen LogP contribution in [0.4, 0.5) is 0 Å². The van der Waals surface area contributed by atoms with Gasteiger partial charge in [-0.2, -0.15) is 0 Å². The fourth-order valence-corrected chi connectivity index (χ4v) is 2.45. The first-order valence-corrected chi connectivity index (χ1v) is 7.87. The van der Waals surface area contributed by atoms with Crippen molar-refractivity contribution in [3.63, 3.8) is 0 Å². The van der Waals surface area contributed by atoms with Crippen molar-refractivity contribution in [3.8, 4) is 16.9 Å². The van der Waals surface area contributed by atoms with Gasteiger partial charge in [-0.15, -0.1) is 0 Å². The number of nitrogens with two attached hydrogens (primary N) is 1. The maximum absolute atomic E-state index is 6.30. The second-order valence-electron chi connectivity index (χ2n) is 5.06. The van der Waals surface area contributed by atoms with Crippen molar-refractivity contribution in [1.29, 1.82) is 0 Å². The Balaban J connectivity index is 1.88. The lowest BCUT2D eigenvalue weighted by atomic mass is 10.1. The molecule has 21 heavy (non-hydrogen) atoms. The number of hydrogen-bond acceptors (Lipinski definition) is 2. The minimum Gasteiger partial charge on any atom is -0.492 e. The van der Waals surface area contributed by atoms with E-state index in [1.807, 2.05) is 36.4 Å². The first-order chi connectivity index (χ1) is 10.3. The van der Waals surface area contributed by atoms with E-state index in [0.717, 1.165) is 42.7 Å². The molecule has 2 aromatic carbocycles. The Morgan fingerprint density at radius 3 is 2.33 bits per heavy atom. The molecule has 0 aliphatic rings. The highest BCUT2D eigenvalue weighted by atomic mass is 35.5. The van der Waals surface area contributed by atoms with Gasteiger partial charge in [0.1, 0.15) is 5.75 Å². The van der Waals surface area contributed by atoms with Crippen LogP contribution < -0.4 is 10.5 Å². The maximum Gasteiger partial charge on any atom is 0.137 e. The quantitative estimate of drug-likeness (QED) is 0.704. The summed E-state index contributed by atoms with van der Waals surface area (Å²) < 4.78 is 5.74. The zero-order chi connectivity index (χ0) is 14.9. The van der Waals surface area contributed by atoms with Crippen molar-refractivity contribution in [2.45, 2.75) is 25.7 Å². The smallest absolute Gasteiger partial charge is 0.137 e. The van der Waals surface area contributed by atoms with Crippen LogP contribution >= 0.6 is 11.6 Å². The van der Waals surface area contributed by atoms with Crippen LogP contribution in [0.5, 0.6) is 5.75 Å². The van der Waals surface area contributed by atoms with Gasteiger partial charge in [0.05, 0.1) is 11.6 Å². The Kier molecular flexibility index (Phi) is 6.58. The molecule has 2 nitrogen and oxygen atoms in total. The molecule has 0 aliphatic heterocycles. The number of ether oxygens (including phenoxy) is 1. The van der Waals surface area contributed by atoms with E-state index in [1.165, 1.54) is 6.42 Å². The summed E-state index contributed by atoms with van der Waals surface area (Å²) in [6, 6.07) is 16.2. The van der Waals surface area contributed by atoms with E-state index in [0.29, 0.717) is 11.6 Å². The topological polar surface area (TPSA) is 35.2 Å². The van der Waals surface area contributed by atoms with Crippen molar-refractivity contribution < 1.29 is 4.74 Å². The second-order valence-corrected chi connectivity index (χ2v) is 5.47. The molecule has 0 radical (unpaired) electrons. The van der Waals surface area contributed by atoms with E-state index in [1.54, 1.807) is 0 Å². The molecule has 0 aliphatic carbocycles. The van der Waals surface area contributed by atoms with Gasteiger partial charge in [-0.3, -0.25) is 0 Å². The summed E-state index contributed by atoms with van der Waals surface area (Å²) in [6.07, 6.45) is 4.45. The van der Waals surface area contributed by atoms with Crippen LogP contribution in [0.15, 0.2) is 48.5 Å². The lowest BCUT2D eigenvalue weighted by Gasteiger charge is -2.10. The van der Waals surface area contributed by atoms with Gasteiger partial charge in [-0.05, 0) is 42.6 Å². The Morgan fingerprint density at radius 1 is 0.857 bits per heavy atom. The zero-order valence-corrected chi connectivity index (χ0v) is 13.0. The first-order valence-electron chi connectivity index (χ1n) is 7.49. The third-order valence-electron chi connectivity index (χ3n) is 3.40. The molecule has 2 aromatic rings. The standard InChI is InChI=1S/C18H22ClNO/c19-17-14-16(15-8-4-3-5-9-15)10-11-18(17)21-13-7-2-1-6-12-20/h3-5,8-11,14H,1-2,6-7,12-13,20H2. The van der Waals surface area contributed by atoms with E-state index in [4.69, 9.17) is 22.1 Å². The zero-order valence-electron chi connectivity index (χ0n) is 12.2. The van der Waals surface area contributed by atoms with Gasteiger partial charge in [-0.1, -0.05) is 60.8 Å². The summed E-state index contributed by atoms with van der Waals surface area (Å²) in [4.78, 5) is 0. The Hall–Kier alpha value is -1.51. The molecule has 0 fully saturated rings. The predicted octanol–water partition coefficient (Wildman–Crippen LogP) is 4.90. The molecule has 0 saturated carbocycles. The van der Waals surface area contributed by atoms with Gasteiger partial charge in [0.2, 0.25) is 0 Å². The highest BCUT2D eigenvalue weighted by Gasteiger charge is 2.04. The third-order valence-corrected chi connectivity index (χ3v) is 3.69. The molecule has 2 N–H and O–H groups in total. The van der Waals surface area contributed by atoms with Crippen molar-refractivity contribution in [2.75, 3.05) is 13.2 Å². The molecule has 0 atom stereocenters. The molecule has 3 heteroatoms. The molecule has 0 unspecified atom stereocenters. The Bertz CT molecular complexity index is 542. The summed E-state index contributed by atoms with van der Waals surface area (Å²) in [7, 11) is 0. The summed E-state index contributed by atoms with van der Waals surface area (Å²) >= 11 is 6.30. The molecule has 0 aromatic heterocycles. The fourth-order valence-electron chi connectivity index (χ4n) is 2.21. The van der Waals surface area contributed by atoms with Crippen LogP contribution in [0.1, 0.15) is 25.7 Å². The maximum atomic E-state index is 6.30. The monoisotopic (exact) mass is 303 g/mol. The first kappa shape index (κ1) is 15.9. The van der Waals surface area contributed by atoms with Gasteiger partial charge in [0.15, 0.2) is 0 Å². The third kappa shape index (κ3) is 5.07. The molecule has 0 amide bonds. The van der Waals surface area contributed by atoms with Crippen LogP contribution in [-0.2, 0) is 0 Å². The molecule has 0 heterocycles. The fraction of sp³-hybridized carbons (Fsp3) is 0.333. The van der Waals surface area contributed by atoms with E-state index in [-0.39, 0.29) is 0 Å². The normalized spacial score (nSPS) is 10.6. The Morgan fingerprint density at radius 2 is 1.62 bits per heavy atom. The van der Waals surface area contributed by atoms with Gasteiger partial charge < -0.3 is 10.5 Å². The van der Waals surface area contributed by atoms with Gasteiger partial charge in [-0.25, -0.2) is 0 Å². The van der Waals surface area contributed by atoms with Crippen molar-refractivity contribution in [2.24, 2.45) is 5.73 Å². The highest BCUT2D eigenvalue weighted by Crippen LogP contribution is 2.30. The number of rotatable bonds is 8. The van der Waals surface area contributed by atoms with Gasteiger partial charge in [0.25, 0.3) is 0 Å². The molecule has 2 rings (SSSR count). The van der Waals surface area contributed by atoms with E-state index >= 15 is 0 Å². The highest BCUT2D eigenvalue weighted by molar-refractivity contribution is 6.32. The van der Waals surface area contributed by atoms with Crippen LogP contribution in [0.2, 0.25) is 5.02 Å². The molecule has 0 bridgehead atoms. The van der Waals surface area contributed by atoms with Crippen LogP contribution in [-0.4, -0.2) is 13.2 Å². The second kappa shape index (κ2) is 8.71. The number of hydrogen-bond donors (Lipinski definition) is 1. The van der Waals surface area contributed by atoms with E-state index < -0.39 is 0 Å². The largest absolute Gasteiger partial charge is 0.492 e. The number of benzene rings is 2. The molecular weight excluding hydrogens is 282 g/mol. The summed E-state index contributed by atoms with van der Waals surface area (Å²) in [5.74, 6) is 0.759. The SMILES string of the molecule is NCCCCCCOc1ccc(-c2ccccc2)cc1Cl. The van der Waals surface area contributed by atoms with Crippen molar-refractivity contribution in [3.05, 3.63) is 53.6 Å². The molecule has 0 spiro atoms. The molecule has 0 saturated heterocycles. The van der Waals surface area contributed by atoms with Gasteiger partial charge >= 0.3 is 0 Å². The average Bonchev–Trinajstić information content (AvgIpc) is 2.53. The lowest BCUT2D eigenvalue weighted by Crippen LogP contribution is -2.00. The summed E-state index contributed by atoms with van der Waals surface area (Å²) in [5.41, 5.74) is 7.73. The molecule has 112 valence electrons. The summed E-state index contributed by atoms with van der Waals surface area (Å²) in [6.45, 7) is 1.47. The Labute approximate surface area is 131 Å².